The molecule has 8 nitrogen and oxygen atoms in total. The normalized spacial score (nSPS) is 13.2. The summed E-state index contributed by atoms with van der Waals surface area (Å²) < 4.78 is 13.5. The molecule has 1 aromatic carbocycles. The summed E-state index contributed by atoms with van der Waals surface area (Å²) in [5, 5.41) is 2.83. The number of carbonyl (C=O) groups excluding carboxylic acids is 1. The number of carbonyl (C=O) groups is 1. The van der Waals surface area contributed by atoms with E-state index >= 15 is 0 Å². The maximum absolute atomic E-state index is 13.5. The molecule has 0 unspecified atom stereocenters. The highest BCUT2D eigenvalue weighted by Crippen LogP contribution is 2.27. The van der Waals surface area contributed by atoms with Gasteiger partial charge in [-0.25, -0.2) is 19.3 Å². The van der Waals surface area contributed by atoms with Crippen molar-refractivity contribution in [3.05, 3.63) is 65.5 Å². The molecule has 0 aliphatic carbocycles. The number of nitrogens with one attached hydrogen (secondary N) is 2. The third-order valence-corrected chi connectivity index (χ3v) is 5.00. The van der Waals surface area contributed by atoms with Crippen LogP contribution < -0.4 is 10.2 Å². The van der Waals surface area contributed by atoms with Crippen LogP contribution in [0.25, 0.3) is 22.6 Å². The summed E-state index contributed by atoms with van der Waals surface area (Å²) in [5.74, 6) is 1.18. The molecule has 150 valence electrons. The highest BCUT2D eigenvalue weighted by molar-refractivity contribution is 5.96. The number of rotatable bonds is 4. The van der Waals surface area contributed by atoms with E-state index < -0.39 is 0 Å². The summed E-state index contributed by atoms with van der Waals surface area (Å²) in [5.41, 5.74) is 3.08. The van der Waals surface area contributed by atoms with Gasteiger partial charge in [0.1, 0.15) is 28.8 Å². The zero-order valence-corrected chi connectivity index (χ0v) is 16.2. The molecule has 0 saturated carbocycles. The number of H-pyrrole nitrogens is 1. The molecule has 5 rings (SSSR count). The molecule has 0 spiro atoms. The lowest BCUT2D eigenvalue weighted by Crippen LogP contribution is -2.35. The minimum absolute atomic E-state index is 0.218. The molecule has 0 fully saturated rings. The Balaban J connectivity index is 1.56. The molecule has 9 heteroatoms. The molecule has 1 aliphatic rings. The van der Waals surface area contributed by atoms with E-state index in [0.29, 0.717) is 59.4 Å². The number of hydrogen-bond donors (Lipinski definition) is 2. The van der Waals surface area contributed by atoms with E-state index in [0.717, 1.165) is 5.56 Å². The van der Waals surface area contributed by atoms with Crippen LogP contribution in [0.4, 0.5) is 10.2 Å². The second-order valence-corrected chi connectivity index (χ2v) is 7.12. The summed E-state index contributed by atoms with van der Waals surface area (Å²) >= 11 is 0. The van der Waals surface area contributed by atoms with Crippen LogP contribution in [0.15, 0.2) is 42.6 Å². The lowest BCUT2D eigenvalue weighted by Gasteiger charge is -2.25. The lowest BCUT2D eigenvalue weighted by atomic mass is 10.1. The van der Waals surface area contributed by atoms with Gasteiger partial charge < -0.3 is 15.2 Å². The largest absolute Gasteiger partial charge is 0.352 e. The summed E-state index contributed by atoms with van der Waals surface area (Å²) in [7, 11) is 1.88. The maximum atomic E-state index is 13.5. The number of imidazole rings is 1. The Morgan fingerprint density at radius 3 is 2.90 bits per heavy atom. The first kappa shape index (κ1) is 18.2. The number of anilines is 1. The van der Waals surface area contributed by atoms with Crippen LogP contribution in [0.3, 0.4) is 0 Å². The van der Waals surface area contributed by atoms with E-state index in [1.54, 1.807) is 18.3 Å². The van der Waals surface area contributed by atoms with Gasteiger partial charge >= 0.3 is 0 Å². The molecule has 0 atom stereocenters. The van der Waals surface area contributed by atoms with Crippen molar-refractivity contribution in [1.82, 2.24) is 30.2 Å². The molecule has 0 bridgehead atoms. The van der Waals surface area contributed by atoms with E-state index in [1.165, 1.54) is 12.1 Å². The fourth-order valence-electron chi connectivity index (χ4n) is 3.61. The van der Waals surface area contributed by atoms with Gasteiger partial charge in [-0.2, -0.15) is 0 Å². The van der Waals surface area contributed by atoms with E-state index in [1.807, 2.05) is 24.1 Å². The third kappa shape index (κ3) is 3.24. The molecule has 0 radical (unpaired) electrons. The standard InChI is InChI=1S/C21H18FN7O/c1-29(11-17-25-14-6-5-12(22)10-16(14)26-17)20-13-7-9-24-21(30)18(13)27-19(28-20)15-4-2-3-8-23-15/h2-6,8,10H,7,9,11H2,1H3,(H,24,30)(H,25,26). The fourth-order valence-corrected chi connectivity index (χ4v) is 3.61. The Morgan fingerprint density at radius 1 is 1.17 bits per heavy atom. The molecule has 1 aliphatic heterocycles. The van der Waals surface area contributed by atoms with Gasteiger partial charge in [-0.05, 0) is 36.8 Å². The van der Waals surface area contributed by atoms with Crippen LogP contribution in [0.1, 0.15) is 21.9 Å². The van der Waals surface area contributed by atoms with Crippen molar-refractivity contribution < 1.29 is 9.18 Å². The van der Waals surface area contributed by atoms with Crippen LogP contribution in [0, 0.1) is 5.82 Å². The fraction of sp³-hybridized carbons (Fsp3) is 0.190. The second-order valence-electron chi connectivity index (χ2n) is 7.12. The van der Waals surface area contributed by atoms with E-state index in [9.17, 15) is 9.18 Å². The van der Waals surface area contributed by atoms with Crippen molar-refractivity contribution in [3.63, 3.8) is 0 Å². The zero-order valence-electron chi connectivity index (χ0n) is 16.2. The number of aromatic nitrogens is 5. The molecule has 2 N–H and O–H groups in total. The van der Waals surface area contributed by atoms with Gasteiger partial charge in [0.2, 0.25) is 0 Å². The Kier molecular flexibility index (Phi) is 4.35. The van der Waals surface area contributed by atoms with E-state index in [4.69, 9.17) is 4.98 Å². The molecule has 3 aromatic heterocycles. The van der Waals surface area contributed by atoms with Crippen LogP contribution in [0.5, 0.6) is 0 Å². The average Bonchev–Trinajstić information content (AvgIpc) is 3.15. The first-order valence-corrected chi connectivity index (χ1v) is 9.54. The summed E-state index contributed by atoms with van der Waals surface area (Å²) in [6.45, 7) is 0.936. The topological polar surface area (TPSA) is 99.7 Å². The number of benzene rings is 1. The van der Waals surface area contributed by atoms with Crippen LogP contribution >= 0.6 is 0 Å². The number of halogens is 1. The first-order valence-electron chi connectivity index (χ1n) is 9.54. The maximum Gasteiger partial charge on any atom is 0.270 e. The highest BCUT2D eigenvalue weighted by atomic mass is 19.1. The Hall–Kier alpha value is -3.88. The van der Waals surface area contributed by atoms with Crippen molar-refractivity contribution in [1.29, 1.82) is 0 Å². The van der Waals surface area contributed by atoms with Crippen LogP contribution in [0.2, 0.25) is 0 Å². The van der Waals surface area contributed by atoms with Gasteiger partial charge in [-0.3, -0.25) is 9.78 Å². The lowest BCUT2D eigenvalue weighted by molar-refractivity contribution is 0.0940. The Labute approximate surface area is 171 Å². The number of pyridine rings is 1. The third-order valence-electron chi connectivity index (χ3n) is 5.00. The highest BCUT2D eigenvalue weighted by Gasteiger charge is 2.26. The quantitative estimate of drug-likeness (QED) is 0.543. The molecular formula is C21H18FN7O. The van der Waals surface area contributed by atoms with Crippen molar-refractivity contribution in [3.8, 4) is 11.5 Å². The number of amides is 1. The predicted molar refractivity (Wildman–Crippen MR) is 109 cm³/mol. The minimum Gasteiger partial charge on any atom is -0.352 e. The zero-order chi connectivity index (χ0) is 20.7. The number of hydrogen-bond acceptors (Lipinski definition) is 6. The van der Waals surface area contributed by atoms with Gasteiger partial charge in [0.25, 0.3) is 5.91 Å². The monoisotopic (exact) mass is 403 g/mol. The smallest absolute Gasteiger partial charge is 0.270 e. The SMILES string of the molecule is CN(Cc1nc2ccc(F)cc2[nH]1)c1nc(-c2ccccn2)nc2c1CCNC2=O. The summed E-state index contributed by atoms with van der Waals surface area (Å²) in [6, 6.07) is 9.91. The van der Waals surface area contributed by atoms with E-state index in [-0.39, 0.29) is 11.7 Å². The first-order chi connectivity index (χ1) is 14.6. The van der Waals surface area contributed by atoms with Crippen molar-refractivity contribution >= 4 is 22.8 Å². The van der Waals surface area contributed by atoms with Gasteiger partial charge in [0.05, 0.1) is 17.6 Å². The van der Waals surface area contributed by atoms with Crippen LogP contribution in [-0.2, 0) is 13.0 Å². The van der Waals surface area contributed by atoms with E-state index in [2.05, 4.69) is 25.3 Å². The summed E-state index contributed by atoms with van der Waals surface area (Å²) in [6.07, 6.45) is 2.30. The van der Waals surface area contributed by atoms with Crippen molar-refractivity contribution in [2.75, 3.05) is 18.5 Å². The molecular weight excluding hydrogens is 385 g/mol. The molecule has 30 heavy (non-hydrogen) atoms. The molecule has 0 saturated heterocycles. The van der Waals surface area contributed by atoms with Crippen molar-refractivity contribution in [2.45, 2.75) is 13.0 Å². The van der Waals surface area contributed by atoms with Crippen LogP contribution in [-0.4, -0.2) is 44.4 Å². The van der Waals surface area contributed by atoms with Gasteiger partial charge in [-0.15, -0.1) is 0 Å². The molecule has 4 heterocycles. The number of aromatic amines is 1. The van der Waals surface area contributed by atoms with Crippen molar-refractivity contribution in [2.24, 2.45) is 0 Å². The second kappa shape index (κ2) is 7.18. The Morgan fingerprint density at radius 2 is 2.07 bits per heavy atom. The van der Waals surface area contributed by atoms with Gasteiger partial charge in [0.15, 0.2) is 5.82 Å². The number of fused-ring (bicyclic) bond motifs is 2. The summed E-state index contributed by atoms with van der Waals surface area (Å²) in [4.78, 5) is 35.6. The minimum atomic E-state index is -0.318. The predicted octanol–water partition coefficient (Wildman–Crippen LogP) is 2.48. The molecule has 1 amide bonds. The number of nitrogens with zero attached hydrogens (tertiary/aromatic N) is 5. The molecule has 4 aromatic rings. The van der Waals surface area contributed by atoms with Gasteiger partial charge in [-0.1, -0.05) is 6.07 Å². The average molecular weight is 403 g/mol. The Bertz CT molecular complexity index is 1260. The van der Waals surface area contributed by atoms with Gasteiger partial charge in [0, 0.05) is 25.4 Å².